The first-order valence-electron chi connectivity index (χ1n) is 10.9. The number of anilines is 1. The summed E-state index contributed by atoms with van der Waals surface area (Å²) in [5.74, 6) is -4.66. The van der Waals surface area contributed by atoms with Crippen LogP contribution in [-0.2, 0) is 4.79 Å². The normalized spacial score (nSPS) is 19.0. The lowest BCUT2D eigenvalue weighted by Gasteiger charge is -2.36. The van der Waals surface area contributed by atoms with E-state index in [0.717, 1.165) is 30.5 Å². The van der Waals surface area contributed by atoms with Crippen LogP contribution in [0.3, 0.4) is 0 Å². The van der Waals surface area contributed by atoms with Gasteiger partial charge in [0, 0.05) is 12.8 Å². The molecule has 0 aliphatic carbocycles. The fraction of sp³-hybridized carbons (Fsp3) is 0.348. The number of carbonyl (C=O) groups excluding carboxylic acids is 2. The molecule has 0 radical (unpaired) electrons. The predicted octanol–water partition coefficient (Wildman–Crippen LogP) is 2.90. The Labute approximate surface area is 213 Å². The van der Waals surface area contributed by atoms with Gasteiger partial charge in [-0.05, 0) is 43.3 Å². The molecule has 200 valence electrons. The van der Waals surface area contributed by atoms with Crippen molar-refractivity contribution in [3.8, 4) is 0 Å². The molecule has 2 aromatic carbocycles. The number of hydrogen-bond donors (Lipinski definition) is 3. The maximum absolute atomic E-state index is 13.9. The van der Waals surface area contributed by atoms with Gasteiger partial charge in [-0.25, -0.2) is 13.8 Å². The zero-order valence-electron chi connectivity index (χ0n) is 19.3. The molecule has 14 heteroatoms. The maximum atomic E-state index is 13.9. The number of hydrazone groups is 1. The average molecular weight is 548 g/mol. The third-order valence-electron chi connectivity index (χ3n) is 5.78. The number of rotatable bonds is 8. The summed E-state index contributed by atoms with van der Waals surface area (Å²) in [6.45, 7) is -1.52. The van der Waals surface area contributed by atoms with Crippen molar-refractivity contribution < 1.29 is 36.6 Å². The van der Waals surface area contributed by atoms with E-state index in [0.29, 0.717) is 10.6 Å². The van der Waals surface area contributed by atoms with E-state index in [1.165, 1.54) is 30.1 Å². The Morgan fingerprint density at radius 2 is 1.84 bits per heavy atom. The van der Waals surface area contributed by atoms with Gasteiger partial charge in [0.25, 0.3) is 5.91 Å². The zero-order chi connectivity index (χ0) is 27.5. The second-order valence-corrected chi connectivity index (χ2v) is 8.65. The molecule has 0 spiro atoms. The number of nitrogens with two attached hydrogens (primary N) is 1. The van der Waals surface area contributed by atoms with Crippen LogP contribution in [0.4, 0.5) is 27.6 Å². The SMILES string of the molecule is CCN(CC(O)(CNC(=O)C1C=NN(c2ccc(F)cc2)C1N)C(F)(F)F)C(=O)c1cccc(F)c1Cl. The summed E-state index contributed by atoms with van der Waals surface area (Å²) in [5.41, 5.74) is 2.42. The Bertz CT molecular complexity index is 1180. The number of alkyl halides is 3. The van der Waals surface area contributed by atoms with Gasteiger partial charge in [0.2, 0.25) is 5.91 Å². The summed E-state index contributed by atoms with van der Waals surface area (Å²) in [5, 5.41) is 17.1. The number of benzene rings is 2. The van der Waals surface area contributed by atoms with Gasteiger partial charge in [0.1, 0.15) is 23.7 Å². The van der Waals surface area contributed by atoms with Gasteiger partial charge in [0.05, 0.1) is 29.4 Å². The van der Waals surface area contributed by atoms with Crippen LogP contribution >= 0.6 is 11.6 Å². The van der Waals surface area contributed by atoms with Crippen LogP contribution in [0.2, 0.25) is 5.02 Å². The number of nitrogens with zero attached hydrogens (tertiary/aromatic N) is 3. The van der Waals surface area contributed by atoms with Crippen molar-refractivity contribution in [3.05, 3.63) is 64.7 Å². The molecular weight excluding hydrogens is 525 g/mol. The van der Waals surface area contributed by atoms with Crippen molar-refractivity contribution in [2.45, 2.75) is 24.9 Å². The molecule has 3 rings (SSSR count). The van der Waals surface area contributed by atoms with Crippen molar-refractivity contribution in [1.29, 1.82) is 0 Å². The number of amides is 2. The Hall–Kier alpha value is -3.29. The minimum Gasteiger partial charge on any atom is -0.378 e. The van der Waals surface area contributed by atoms with Crippen LogP contribution in [0.5, 0.6) is 0 Å². The number of aliphatic hydroxyl groups is 1. The van der Waals surface area contributed by atoms with E-state index < -0.39 is 65.4 Å². The van der Waals surface area contributed by atoms with Gasteiger partial charge in [-0.2, -0.15) is 18.3 Å². The van der Waals surface area contributed by atoms with E-state index in [9.17, 15) is 36.6 Å². The molecule has 8 nitrogen and oxygen atoms in total. The first-order chi connectivity index (χ1) is 17.3. The third-order valence-corrected chi connectivity index (χ3v) is 6.17. The van der Waals surface area contributed by atoms with E-state index in [1.807, 2.05) is 5.32 Å². The minimum atomic E-state index is -5.27. The van der Waals surface area contributed by atoms with E-state index in [1.54, 1.807) is 0 Å². The lowest BCUT2D eigenvalue weighted by atomic mass is 10.0. The molecular formula is C23H23ClF5N5O3. The molecule has 0 bridgehead atoms. The molecule has 3 unspecified atom stereocenters. The molecule has 0 fully saturated rings. The number of nitrogens with one attached hydrogen (secondary N) is 1. The molecule has 1 heterocycles. The van der Waals surface area contributed by atoms with Gasteiger partial charge >= 0.3 is 6.18 Å². The highest BCUT2D eigenvalue weighted by atomic mass is 35.5. The summed E-state index contributed by atoms with van der Waals surface area (Å²) in [6, 6.07) is 8.29. The molecule has 0 saturated heterocycles. The molecule has 3 atom stereocenters. The lowest BCUT2D eigenvalue weighted by molar-refractivity contribution is -0.260. The van der Waals surface area contributed by atoms with Gasteiger partial charge in [-0.1, -0.05) is 17.7 Å². The molecule has 4 N–H and O–H groups in total. The van der Waals surface area contributed by atoms with Crippen LogP contribution in [0.25, 0.3) is 0 Å². The third kappa shape index (κ3) is 6.00. The van der Waals surface area contributed by atoms with Crippen molar-refractivity contribution in [3.63, 3.8) is 0 Å². The Kier molecular flexibility index (Phi) is 8.40. The zero-order valence-corrected chi connectivity index (χ0v) is 20.1. The highest BCUT2D eigenvalue weighted by Crippen LogP contribution is 2.32. The van der Waals surface area contributed by atoms with Crippen molar-refractivity contribution in [2.24, 2.45) is 16.8 Å². The summed E-state index contributed by atoms with van der Waals surface area (Å²) in [4.78, 5) is 26.1. The first-order valence-corrected chi connectivity index (χ1v) is 11.3. The fourth-order valence-corrected chi connectivity index (χ4v) is 3.80. The Morgan fingerprint density at radius 1 is 1.19 bits per heavy atom. The Balaban J connectivity index is 1.73. The number of halogens is 6. The smallest absolute Gasteiger partial charge is 0.378 e. The maximum Gasteiger partial charge on any atom is 0.420 e. The predicted molar refractivity (Wildman–Crippen MR) is 126 cm³/mol. The highest BCUT2D eigenvalue weighted by molar-refractivity contribution is 6.34. The summed E-state index contributed by atoms with van der Waals surface area (Å²) in [6.07, 6.45) is -5.27. The highest BCUT2D eigenvalue weighted by Gasteiger charge is 2.55. The topological polar surface area (TPSA) is 111 Å². The summed E-state index contributed by atoms with van der Waals surface area (Å²) < 4.78 is 68.7. The Morgan fingerprint density at radius 3 is 2.43 bits per heavy atom. The first kappa shape index (κ1) is 28.3. The number of likely N-dealkylation sites (N-methyl/N-ethyl adjacent to an activating group) is 1. The molecule has 2 aromatic rings. The van der Waals surface area contributed by atoms with Crippen molar-refractivity contribution in [2.75, 3.05) is 24.6 Å². The second-order valence-electron chi connectivity index (χ2n) is 8.27. The largest absolute Gasteiger partial charge is 0.420 e. The summed E-state index contributed by atoms with van der Waals surface area (Å²) >= 11 is 5.79. The molecule has 1 aliphatic heterocycles. The van der Waals surface area contributed by atoms with E-state index >= 15 is 0 Å². The van der Waals surface area contributed by atoms with Crippen LogP contribution in [0.1, 0.15) is 17.3 Å². The van der Waals surface area contributed by atoms with Crippen LogP contribution in [0.15, 0.2) is 47.6 Å². The fourth-order valence-electron chi connectivity index (χ4n) is 3.60. The summed E-state index contributed by atoms with van der Waals surface area (Å²) in [7, 11) is 0. The number of carbonyl (C=O) groups is 2. The number of hydrogen-bond acceptors (Lipinski definition) is 6. The van der Waals surface area contributed by atoms with Gasteiger partial charge < -0.3 is 21.1 Å². The van der Waals surface area contributed by atoms with Crippen molar-refractivity contribution in [1.82, 2.24) is 10.2 Å². The van der Waals surface area contributed by atoms with E-state index in [4.69, 9.17) is 17.3 Å². The van der Waals surface area contributed by atoms with Crippen LogP contribution in [0, 0.1) is 17.6 Å². The van der Waals surface area contributed by atoms with E-state index in [-0.39, 0.29) is 12.1 Å². The van der Waals surface area contributed by atoms with Gasteiger partial charge in [0.15, 0.2) is 5.60 Å². The molecule has 0 saturated carbocycles. The van der Waals surface area contributed by atoms with Crippen LogP contribution < -0.4 is 16.1 Å². The van der Waals surface area contributed by atoms with Gasteiger partial charge in [-0.15, -0.1) is 0 Å². The van der Waals surface area contributed by atoms with Crippen molar-refractivity contribution >= 4 is 35.3 Å². The van der Waals surface area contributed by atoms with Crippen LogP contribution in [-0.4, -0.2) is 65.6 Å². The molecule has 0 aromatic heterocycles. The van der Waals surface area contributed by atoms with E-state index in [2.05, 4.69) is 5.10 Å². The second kappa shape index (κ2) is 11.0. The van der Waals surface area contributed by atoms with Gasteiger partial charge in [-0.3, -0.25) is 9.59 Å². The molecule has 2 amide bonds. The standard InChI is InChI=1S/C23H23ClF5N5O3/c1-2-33(21(36)15-4-3-5-17(26)18(15)24)12-22(37,23(27,28)29)11-31-20(35)16-10-32-34(19(16)30)14-8-6-13(25)7-9-14/h3-10,16,19,37H,2,11-12,30H2,1H3,(H,31,35). The lowest BCUT2D eigenvalue weighted by Crippen LogP contribution is -2.61. The quantitative estimate of drug-likeness (QED) is 0.440. The molecule has 1 aliphatic rings. The monoisotopic (exact) mass is 547 g/mol. The average Bonchev–Trinajstić information content (AvgIpc) is 3.23. The molecule has 37 heavy (non-hydrogen) atoms. The minimum absolute atomic E-state index is 0.287.